The number of amides is 3. The monoisotopic (exact) mass is 864 g/mol. The van der Waals surface area contributed by atoms with Crippen molar-refractivity contribution in [1.29, 1.82) is 0 Å². The maximum atomic E-state index is 14.4. The number of aromatic nitrogens is 2. The quantitative estimate of drug-likeness (QED) is 0.0569. The number of aryl methyl sites for hydroxylation is 1. The summed E-state index contributed by atoms with van der Waals surface area (Å²) in [5, 5.41) is 7.87. The molecule has 316 valence electrons. The van der Waals surface area contributed by atoms with E-state index in [1.807, 2.05) is 64.1 Å². The largest absolute Gasteiger partial charge is 0.444 e. The molecule has 2 aliphatic rings. The van der Waals surface area contributed by atoms with Crippen molar-refractivity contribution in [2.24, 2.45) is 10.7 Å². The van der Waals surface area contributed by atoms with Crippen molar-refractivity contribution in [1.82, 2.24) is 30.4 Å². The molecule has 4 heterocycles. The minimum Gasteiger partial charge on any atom is -0.444 e. The number of rotatable bonds is 14. The lowest BCUT2D eigenvalue weighted by atomic mass is 9.98. The third-order valence-corrected chi connectivity index (χ3v) is 12.8. The highest BCUT2D eigenvalue weighted by Crippen LogP contribution is 2.34. The number of para-hydroxylation sites is 1. The summed E-state index contributed by atoms with van der Waals surface area (Å²) in [5.41, 5.74) is 7.55. The number of fused-ring (bicyclic) bond motifs is 1. The molecule has 0 spiro atoms. The highest BCUT2D eigenvalue weighted by molar-refractivity contribution is 7.20. The van der Waals surface area contributed by atoms with Gasteiger partial charge in [0.2, 0.25) is 17.6 Å². The number of ether oxygens (including phenoxy) is 2. The number of thiazole rings is 2. The van der Waals surface area contributed by atoms with Crippen LogP contribution in [0.3, 0.4) is 0 Å². The molecule has 6 rings (SSSR count). The summed E-state index contributed by atoms with van der Waals surface area (Å²) in [4.78, 5) is 73.0. The van der Waals surface area contributed by atoms with Gasteiger partial charge in [-0.05, 0) is 83.2 Å². The molecule has 14 nitrogen and oxygen atoms in total. The Bertz CT molecular complexity index is 2110. The zero-order valence-corrected chi connectivity index (χ0v) is 36.6. The van der Waals surface area contributed by atoms with Gasteiger partial charge in [-0.3, -0.25) is 19.4 Å². The number of halogens is 1. The molecule has 2 aliphatic heterocycles. The van der Waals surface area contributed by atoms with Gasteiger partial charge in [-0.1, -0.05) is 35.9 Å². The molecule has 0 radical (unpaired) electrons. The van der Waals surface area contributed by atoms with Gasteiger partial charge in [0.1, 0.15) is 11.6 Å². The molecule has 2 aromatic heterocycles. The summed E-state index contributed by atoms with van der Waals surface area (Å²) < 4.78 is 12.7. The van der Waals surface area contributed by atoms with Crippen molar-refractivity contribution >= 4 is 74.1 Å². The SMILES string of the molecule is CN=C(N)NCCC[C@H](NC(=O)[C@@H]1C[C@@H](OCc2ccc(Cl)cc2)CN1C(=O)Cc1nc(C2CCN(C(=O)OC(C)(C)C)CC2)sc1C)C(=O)c1nc2ccccc2s1. The number of hydrogen-bond donors (Lipinski definition) is 3. The lowest BCUT2D eigenvalue weighted by molar-refractivity contribution is -0.138. The zero-order chi connectivity index (χ0) is 42.3. The van der Waals surface area contributed by atoms with E-state index in [0.29, 0.717) is 53.7 Å². The van der Waals surface area contributed by atoms with Gasteiger partial charge in [0.15, 0.2) is 11.0 Å². The van der Waals surface area contributed by atoms with Crippen molar-refractivity contribution < 1.29 is 28.7 Å². The van der Waals surface area contributed by atoms with Crippen LogP contribution in [0, 0.1) is 6.92 Å². The number of aliphatic imine (C=N–C) groups is 1. The maximum Gasteiger partial charge on any atom is 0.410 e. The fourth-order valence-corrected chi connectivity index (χ4v) is 9.36. The Labute approximate surface area is 357 Å². The molecule has 2 fully saturated rings. The van der Waals surface area contributed by atoms with Gasteiger partial charge in [0.25, 0.3) is 0 Å². The Hall–Kier alpha value is -4.64. The van der Waals surface area contributed by atoms with Crippen LogP contribution in [0.5, 0.6) is 0 Å². The van der Waals surface area contributed by atoms with Gasteiger partial charge >= 0.3 is 6.09 Å². The number of hydrogen-bond acceptors (Lipinski definition) is 11. The predicted octanol–water partition coefficient (Wildman–Crippen LogP) is 6.24. The van der Waals surface area contributed by atoms with E-state index < -0.39 is 29.7 Å². The average Bonchev–Trinajstić information content (AvgIpc) is 3.95. The van der Waals surface area contributed by atoms with Crippen molar-refractivity contribution in [2.75, 3.05) is 33.2 Å². The molecule has 4 aromatic rings. The normalized spacial score (nSPS) is 18.2. The molecular formula is C42H53ClN8O6S2. The van der Waals surface area contributed by atoms with Gasteiger partial charge in [-0.25, -0.2) is 14.8 Å². The summed E-state index contributed by atoms with van der Waals surface area (Å²) in [6, 6.07) is 13.0. The average molecular weight is 866 g/mol. The summed E-state index contributed by atoms with van der Waals surface area (Å²) in [6.45, 7) is 9.56. The molecule has 0 saturated carbocycles. The molecule has 0 aliphatic carbocycles. The molecule has 0 bridgehead atoms. The van der Waals surface area contributed by atoms with Gasteiger partial charge in [-0.2, -0.15) is 0 Å². The first-order chi connectivity index (χ1) is 28.2. The fraction of sp³-hybridized carbons (Fsp3) is 0.500. The molecule has 2 saturated heterocycles. The van der Waals surface area contributed by atoms with Crippen molar-refractivity contribution in [3.8, 4) is 0 Å². The predicted molar refractivity (Wildman–Crippen MR) is 231 cm³/mol. The zero-order valence-electron chi connectivity index (χ0n) is 34.2. The Kier molecular flexibility index (Phi) is 14.6. The smallest absolute Gasteiger partial charge is 0.410 e. The van der Waals surface area contributed by atoms with E-state index in [1.165, 1.54) is 11.3 Å². The van der Waals surface area contributed by atoms with Crippen LogP contribution < -0.4 is 16.4 Å². The van der Waals surface area contributed by atoms with Crippen molar-refractivity contribution in [2.45, 2.75) is 103 Å². The van der Waals surface area contributed by atoms with Crippen LogP contribution in [0.2, 0.25) is 5.02 Å². The van der Waals surface area contributed by atoms with Crippen LogP contribution in [0.1, 0.15) is 89.7 Å². The van der Waals surface area contributed by atoms with E-state index >= 15 is 0 Å². The number of guanidine groups is 1. The van der Waals surface area contributed by atoms with Gasteiger partial charge < -0.3 is 35.6 Å². The minimum atomic E-state index is -0.902. The summed E-state index contributed by atoms with van der Waals surface area (Å²) >= 11 is 8.95. The van der Waals surface area contributed by atoms with E-state index in [4.69, 9.17) is 31.8 Å². The number of nitrogens with zero attached hydrogens (tertiary/aromatic N) is 5. The third-order valence-electron chi connectivity index (χ3n) is 10.4. The lowest BCUT2D eigenvalue weighted by Crippen LogP contribution is -2.51. The van der Waals surface area contributed by atoms with Gasteiger partial charge in [0, 0.05) is 55.5 Å². The number of nitrogens with two attached hydrogens (primary N) is 1. The third kappa shape index (κ3) is 11.8. The van der Waals surface area contributed by atoms with Crippen LogP contribution in [0.4, 0.5) is 4.79 Å². The Morgan fingerprint density at radius 3 is 2.47 bits per heavy atom. The Morgan fingerprint density at radius 1 is 1.05 bits per heavy atom. The van der Waals surface area contributed by atoms with Crippen LogP contribution in [0.15, 0.2) is 53.5 Å². The van der Waals surface area contributed by atoms with Gasteiger partial charge in [-0.15, -0.1) is 22.7 Å². The molecule has 2 aromatic carbocycles. The number of piperidine rings is 1. The van der Waals surface area contributed by atoms with Crippen LogP contribution in [-0.4, -0.2) is 106 Å². The van der Waals surface area contributed by atoms with Gasteiger partial charge in [0.05, 0.1) is 46.1 Å². The van der Waals surface area contributed by atoms with E-state index in [0.717, 1.165) is 33.0 Å². The molecule has 3 amide bonds. The first-order valence-corrected chi connectivity index (χ1v) is 21.9. The van der Waals surface area contributed by atoms with E-state index in [-0.39, 0.29) is 55.7 Å². The van der Waals surface area contributed by atoms with Crippen LogP contribution >= 0.6 is 34.3 Å². The number of nitrogens with one attached hydrogen (secondary N) is 2. The number of carbonyl (C=O) groups excluding carboxylic acids is 4. The Morgan fingerprint density at radius 2 is 1.78 bits per heavy atom. The highest BCUT2D eigenvalue weighted by Gasteiger charge is 2.42. The van der Waals surface area contributed by atoms with E-state index in [9.17, 15) is 19.2 Å². The Balaban J connectivity index is 1.17. The van der Waals surface area contributed by atoms with E-state index in [1.54, 1.807) is 40.3 Å². The van der Waals surface area contributed by atoms with E-state index in [2.05, 4.69) is 20.6 Å². The highest BCUT2D eigenvalue weighted by atomic mass is 35.5. The number of Topliss-reactive ketones (excluding diaryl/α,β-unsaturated/α-hetero) is 1. The topological polar surface area (TPSA) is 181 Å². The fourth-order valence-electron chi connectivity index (χ4n) is 7.17. The first-order valence-electron chi connectivity index (χ1n) is 19.9. The molecule has 0 unspecified atom stereocenters. The number of ketones is 1. The molecule has 17 heteroatoms. The second kappa shape index (κ2) is 19.6. The number of benzene rings is 2. The van der Waals surface area contributed by atoms with Crippen molar-refractivity contribution in [3.63, 3.8) is 0 Å². The second-order valence-electron chi connectivity index (χ2n) is 15.9. The molecule has 4 N–H and O–H groups in total. The van der Waals surface area contributed by atoms with Crippen LogP contribution in [-0.2, 0) is 32.1 Å². The summed E-state index contributed by atoms with van der Waals surface area (Å²) in [7, 11) is 1.58. The maximum absolute atomic E-state index is 14.4. The lowest BCUT2D eigenvalue weighted by Gasteiger charge is -2.32. The molecule has 59 heavy (non-hydrogen) atoms. The second-order valence-corrected chi connectivity index (χ2v) is 18.6. The molecular weight excluding hydrogens is 812 g/mol. The van der Waals surface area contributed by atoms with Crippen molar-refractivity contribution in [3.05, 3.63) is 79.7 Å². The summed E-state index contributed by atoms with van der Waals surface area (Å²) in [6.07, 6.45) is 1.80. The first kappa shape index (κ1) is 43.9. The van der Waals surface area contributed by atoms with Crippen LogP contribution in [0.25, 0.3) is 10.2 Å². The minimum absolute atomic E-state index is 0.00685. The number of carbonyl (C=O) groups is 4. The standard InChI is InChI=1S/C42H53ClN8O6S2/c1-25-32(49-38(58-25)27-16-19-50(20-17-27)41(55)57-42(2,3)4)22-35(52)51-23-29(56-24-26-12-14-28(43)15-13-26)21-33(51)37(54)47-31(10-8-18-46-40(44)45-5)36(53)39-48-30-9-6-7-11-34(30)59-39/h6-7,9,11-15,27,29,31,33H,8,10,16-24H2,1-5H3,(H,47,54)(H3,44,45,46)/t29-,31+,33+/m1/s1. The molecule has 3 atom stereocenters. The number of likely N-dealkylation sites (tertiary alicyclic amines) is 2. The summed E-state index contributed by atoms with van der Waals surface area (Å²) in [5.74, 6) is -0.562.